The molecular weight excluding hydrogens is 912 g/mol. The van der Waals surface area contributed by atoms with Crippen LogP contribution >= 0.6 is 7.82 Å². The van der Waals surface area contributed by atoms with Crippen LogP contribution in [0.3, 0.4) is 0 Å². The fraction of sp³-hybridized carbons (Fsp3) is 0.825. The van der Waals surface area contributed by atoms with E-state index in [0.29, 0.717) is 17.4 Å². The Hall–Kier alpha value is -1.80. The zero-order valence-corrected chi connectivity index (χ0v) is 49.1. The Labute approximate surface area is 447 Å². The lowest BCUT2D eigenvalue weighted by atomic mass is 10.0. The number of phosphoric acid groups is 1. The highest BCUT2D eigenvalue weighted by Crippen LogP contribution is 2.43. The predicted molar refractivity (Wildman–Crippen MR) is 314 cm³/mol. The van der Waals surface area contributed by atoms with Gasteiger partial charge in [-0.25, -0.2) is 4.57 Å². The number of phosphoric ester groups is 1. The summed E-state index contributed by atoms with van der Waals surface area (Å²) in [5.74, 6) is -0.174. The SMILES string of the molecule is CC/C=C\C/C=C\C/C=C\C/C=C\CCCCCCCCCCCCCCCCCCCCC(=O)NC(COP(=O)(O)OCC[N+](C)(C)C)C(O)/C=C/CCCCCCCCCCCCCCCCCCC. The molecule has 0 aromatic carbocycles. The first-order valence-corrected chi connectivity index (χ1v) is 32.2. The van der Waals surface area contributed by atoms with E-state index in [4.69, 9.17) is 9.05 Å². The molecule has 0 aromatic rings. The Balaban J connectivity index is 4.10. The molecule has 9 heteroatoms. The van der Waals surface area contributed by atoms with E-state index in [0.717, 1.165) is 64.2 Å². The van der Waals surface area contributed by atoms with Crippen LogP contribution in [0.15, 0.2) is 60.8 Å². The number of hydrogen-bond acceptors (Lipinski definition) is 5. The van der Waals surface area contributed by atoms with Crippen molar-refractivity contribution in [3.05, 3.63) is 60.8 Å². The molecule has 0 rings (SSSR count). The summed E-state index contributed by atoms with van der Waals surface area (Å²) in [5, 5.41) is 14.0. The van der Waals surface area contributed by atoms with Crippen molar-refractivity contribution in [1.29, 1.82) is 0 Å². The fourth-order valence-electron chi connectivity index (χ4n) is 8.98. The number of unbranched alkanes of at least 4 members (excludes halogenated alkanes) is 35. The lowest BCUT2D eigenvalue weighted by molar-refractivity contribution is -0.870. The summed E-state index contributed by atoms with van der Waals surface area (Å²) in [4.78, 5) is 23.3. The summed E-state index contributed by atoms with van der Waals surface area (Å²) in [5.41, 5.74) is 0. The van der Waals surface area contributed by atoms with Crippen molar-refractivity contribution in [1.82, 2.24) is 5.32 Å². The molecule has 0 aromatic heterocycles. The second-order valence-electron chi connectivity index (χ2n) is 22.1. The van der Waals surface area contributed by atoms with Crippen LogP contribution in [0.25, 0.3) is 0 Å². The van der Waals surface area contributed by atoms with Crippen LogP contribution in [0.5, 0.6) is 0 Å². The summed E-state index contributed by atoms with van der Waals surface area (Å²) >= 11 is 0. The van der Waals surface area contributed by atoms with Crippen molar-refractivity contribution < 1.29 is 32.9 Å². The lowest BCUT2D eigenvalue weighted by Gasteiger charge is -2.25. The van der Waals surface area contributed by atoms with Gasteiger partial charge in [-0.15, -0.1) is 0 Å². The predicted octanol–water partition coefficient (Wildman–Crippen LogP) is 18.9. The van der Waals surface area contributed by atoms with E-state index in [2.05, 4.69) is 67.8 Å². The zero-order valence-electron chi connectivity index (χ0n) is 48.2. The number of carbonyl (C=O) groups is 1. The number of carbonyl (C=O) groups excluding carboxylic acids is 1. The first-order chi connectivity index (χ1) is 35.0. The third kappa shape index (κ3) is 55.9. The molecule has 0 aliphatic heterocycles. The molecule has 0 aliphatic carbocycles. The van der Waals surface area contributed by atoms with Crippen LogP contribution in [0, 0.1) is 0 Å². The minimum Gasteiger partial charge on any atom is -0.387 e. The molecule has 0 saturated carbocycles. The largest absolute Gasteiger partial charge is 0.472 e. The Morgan fingerprint density at radius 2 is 0.833 bits per heavy atom. The van der Waals surface area contributed by atoms with Crippen LogP contribution < -0.4 is 5.32 Å². The summed E-state index contributed by atoms with van der Waals surface area (Å²) in [7, 11) is 1.58. The standard InChI is InChI=1S/C63H119N2O6P/c1-6-8-10-12-14-16-18-20-22-24-26-27-28-29-30-31-32-33-34-35-36-37-39-41-43-45-47-49-51-53-55-57-63(67)64-61(60-71-72(68,69)70-59-58-65(3,4)5)62(66)56-54-52-50-48-46-44-42-40-38-25-23-21-19-17-15-13-11-9-7-2/h8,10,14,16,20,22,26-27,54,56,61-62,66H,6-7,9,11-13,15,17-19,21,23-25,28-53,55,57-60H2,1-5H3,(H-,64,67,68,69)/p+1/b10-8-,16-14-,22-20-,27-26-,56-54+. The highest BCUT2D eigenvalue weighted by molar-refractivity contribution is 7.47. The minimum absolute atomic E-state index is 0.0617. The molecule has 3 atom stereocenters. The number of amides is 1. The van der Waals surface area contributed by atoms with Gasteiger partial charge in [-0.3, -0.25) is 13.8 Å². The first kappa shape index (κ1) is 70.2. The van der Waals surface area contributed by atoms with Crippen LogP contribution in [-0.2, 0) is 18.4 Å². The van der Waals surface area contributed by atoms with E-state index in [-0.39, 0.29) is 19.1 Å². The van der Waals surface area contributed by atoms with Crippen LogP contribution in [0.1, 0.15) is 284 Å². The molecule has 0 saturated heterocycles. The van der Waals surface area contributed by atoms with Gasteiger partial charge < -0.3 is 19.8 Å². The van der Waals surface area contributed by atoms with Gasteiger partial charge in [0.05, 0.1) is 39.9 Å². The summed E-state index contributed by atoms with van der Waals surface area (Å²) < 4.78 is 23.7. The van der Waals surface area contributed by atoms with Gasteiger partial charge in [-0.2, -0.15) is 0 Å². The molecule has 1 amide bonds. The molecule has 0 heterocycles. The van der Waals surface area contributed by atoms with Crippen LogP contribution in [0.4, 0.5) is 0 Å². The molecule has 3 N–H and O–H groups in total. The molecule has 0 spiro atoms. The number of aliphatic hydroxyl groups excluding tert-OH is 1. The van der Waals surface area contributed by atoms with E-state index in [1.165, 1.54) is 199 Å². The number of nitrogens with one attached hydrogen (secondary N) is 1. The first-order valence-electron chi connectivity index (χ1n) is 30.7. The number of nitrogens with zero attached hydrogens (tertiary/aromatic N) is 1. The van der Waals surface area contributed by atoms with Crippen molar-refractivity contribution in [3.8, 4) is 0 Å². The molecule has 3 unspecified atom stereocenters. The minimum atomic E-state index is -4.35. The third-order valence-corrected chi connectivity index (χ3v) is 14.7. The molecule has 0 bridgehead atoms. The van der Waals surface area contributed by atoms with Crippen molar-refractivity contribution in [2.24, 2.45) is 0 Å². The van der Waals surface area contributed by atoms with Crippen LogP contribution in [0.2, 0.25) is 0 Å². The van der Waals surface area contributed by atoms with E-state index >= 15 is 0 Å². The van der Waals surface area contributed by atoms with Crippen molar-refractivity contribution in [2.75, 3.05) is 40.9 Å². The molecule has 422 valence electrons. The van der Waals surface area contributed by atoms with Gasteiger partial charge in [0.15, 0.2) is 0 Å². The highest BCUT2D eigenvalue weighted by Gasteiger charge is 2.27. The molecule has 72 heavy (non-hydrogen) atoms. The van der Waals surface area contributed by atoms with E-state index < -0.39 is 20.0 Å². The Kier molecular flexibility index (Phi) is 52.7. The Bertz CT molecular complexity index is 1360. The van der Waals surface area contributed by atoms with Crippen LogP contribution in [-0.4, -0.2) is 73.4 Å². The van der Waals surface area contributed by atoms with Gasteiger partial charge in [-0.1, -0.05) is 280 Å². The van der Waals surface area contributed by atoms with Gasteiger partial charge in [0, 0.05) is 6.42 Å². The third-order valence-electron chi connectivity index (χ3n) is 13.7. The van der Waals surface area contributed by atoms with Crippen molar-refractivity contribution in [2.45, 2.75) is 296 Å². The van der Waals surface area contributed by atoms with E-state index in [1.54, 1.807) is 6.08 Å². The van der Waals surface area contributed by atoms with Gasteiger partial charge in [0.2, 0.25) is 5.91 Å². The summed E-state index contributed by atoms with van der Waals surface area (Å²) in [6.07, 6.45) is 73.3. The molecule has 0 radical (unpaired) electrons. The maximum Gasteiger partial charge on any atom is 0.472 e. The topological polar surface area (TPSA) is 105 Å². The lowest BCUT2D eigenvalue weighted by Crippen LogP contribution is -2.45. The van der Waals surface area contributed by atoms with E-state index in [1.807, 2.05) is 27.2 Å². The number of likely N-dealkylation sites (N-methyl/N-ethyl adjacent to an activating group) is 1. The average Bonchev–Trinajstić information content (AvgIpc) is 3.34. The van der Waals surface area contributed by atoms with Gasteiger partial charge >= 0.3 is 7.82 Å². The normalized spacial score (nSPS) is 14.3. The molecule has 0 aliphatic rings. The average molecular weight is 1030 g/mol. The smallest absolute Gasteiger partial charge is 0.387 e. The highest BCUT2D eigenvalue weighted by atomic mass is 31.2. The summed E-state index contributed by atoms with van der Waals surface area (Å²) in [6.45, 7) is 4.74. The second-order valence-corrected chi connectivity index (χ2v) is 23.5. The monoisotopic (exact) mass is 1030 g/mol. The van der Waals surface area contributed by atoms with E-state index in [9.17, 15) is 19.4 Å². The molecule has 8 nitrogen and oxygen atoms in total. The molecular formula is C63H120N2O6P+. The second kappa shape index (κ2) is 54.0. The Morgan fingerprint density at radius 3 is 1.22 bits per heavy atom. The Morgan fingerprint density at radius 1 is 0.486 bits per heavy atom. The van der Waals surface area contributed by atoms with Gasteiger partial charge in [0.1, 0.15) is 13.2 Å². The number of hydrogen-bond donors (Lipinski definition) is 3. The number of aliphatic hydroxyl groups is 1. The quantitative estimate of drug-likeness (QED) is 0.0243. The summed E-state index contributed by atoms with van der Waals surface area (Å²) in [6, 6.07) is -0.847. The number of quaternary nitrogens is 1. The number of allylic oxidation sites excluding steroid dienone is 9. The van der Waals surface area contributed by atoms with Crippen molar-refractivity contribution >= 4 is 13.7 Å². The van der Waals surface area contributed by atoms with Crippen molar-refractivity contribution in [3.63, 3.8) is 0 Å². The molecule has 0 fully saturated rings. The van der Waals surface area contributed by atoms with Gasteiger partial charge in [0.25, 0.3) is 0 Å². The maximum atomic E-state index is 13.0. The zero-order chi connectivity index (χ0) is 52.7. The fourth-order valence-corrected chi connectivity index (χ4v) is 9.71. The van der Waals surface area contributed by atoms with Gasteiger partial charge in [-0.05, 0) is 57.8 Å². The number of rotatable bonds is 56. The maximum absolute atomic E-state index is 13.0.